The molecule has 6 saturated heterocycles. The summed E-state index contributed by atoms with van der Waals surface area (Å²) < 4.78 is 17.9. The van der Waals surface area contributed by atoms with Crippen LogP contribution in [0.5, 0.6) is 0 Å². The van der Waals surface area contributed by atoms with E-state index in [-0.39, 0.29) is 36.0 Å². The molecule has 1 aromatic rings. The molecule has 0 bridgehead atoms. The van der Waals surface area contributed by atoms with Crippen LogP contribution < -0.4 is 16.4 Å². The fourth-order valence-corrected chi connectivity index (χ4v) is 11.2. The number of carboxylic acids is 2. The number of hydrogen-bond donors (Lipinski definition) is 5. The number of ether oxygens (including phenoxy) is 2. The van der Waals surface area contributed by atoms with Gasteiger partial charge in [-0.25, -0.2) is 14.5 Å². The molecule has 7 rings (SSSR count). The molecule has 2 amide bonds. The number of quaternary nitrogens is 1. The highest BCUT2D eigenvalue weighted by atomic mass is 16.6. The van der Waals surface area contributed by atoms with Gasteiger partial charge in [0.15, 0.2) is 12.6 Å². The van der Waals surface area contributed by atoms with Gasteiger partial charge in [-0.3, -0.25) is 39.2 Å². The molecule has 0 spiro atoms. The average molecular weight is 920 g/mol. The molecule has 1 aromatic heterocycles. The van der Waals surface area contributed by atoms with Gasteiger partial charge in [0, 0.05) is 125 Å². The summed E-state index contributed by atoms with van der Waals surface area (Å²) in [4.78, 5) is 85.6. The lowest BCUT2D eigenvalue weighted by Crippen LogP contribution is -2.87. The maximum atomic E-state index is 14.7. The Morgan fingerprint density at radius 3 is 1.83 bits per heavy atom. The van der Waals surface area contributed by atoms with Crippen molar-refractivity contribution in [1.82, 2.24) is 49.3 Å². The summed E-state index contributed by atoms with van der Waals surface area (Å²) in [5.41, 5.74) is 3.18. The predicted molar refractivity (Wildman–Crippen MR) is 235 cm³/mol. The number of amides is 2. The number of guanidine groups is 1. The van der Waals surface area contributed by atoms with Crippen molar-refractivity contribution in [2.75, 3.05) is 163 Å². The third-order valence-corrected chi connectivity index (χ3v) is 15.0. The number of aliphatic carboxylic acids is 2. The number of likely N-dealkylation sites (N-methyl/N-ethyl adjacent to an activating group) is 2. The number of aromatic amines is 1. The number of carboxylic acid groups (broad SMARTS) is 2. The Bertz CT molecular complexity index is 1870. The highest BCUT2D eigenvalue weighted by Gasteiger charge is 2.82. The zero-order chi connectivity index (χ0) is 46.4. The number of nitrogens with two attached hydrogens (primary N) is 1. The number of cyclic esters (lactones) is 2. The van der Waals surface area contributed by atoms with Crippen molar-refractivity contribution in [3.63, 3.8) is 0 Å². The van der Waals surface area contributed by atoms with Gasteiger partial charge < -0.3 is 49.9 Å². The number of nitrogens with zero attached hydrogens (tertiary/aromatic N) is 11. The first kappa shape index (κ1) is 48.3. The predicted octanol–water partition coefficient (Wildman–Crippen LogP) is -1.43. The van der Waals surface area contributed by atoms with E-state index in [2.05, 4.69) is 39.5 Å². The summed E-state index contributed by atoms with van der Waals surface area (Å²) in [6.45, 7) is 12.9. The number of piperazine rings is 4. The second kappa shape index (κ2) is 20.9. The topological polar surface area (TPSA) is 265 Å². The number of rotatable bonds is 20. The summed E-state index contributed by atoms with van der Waals surface area (Å²) in [7, 11) is 3.73. The van der Waals surface area contributed by atoms with Gasteiger partial charge in [0.25, 0.3) is 11.4 Å². The molecule has 364 valence electrons. The van der Waals surface area contributed by atoms with Gasteiger partial charge in [-0.15, -0.1) is 0 Å². The van der Waals surface area contributed by atoms with Gasteiger partial charge in [-0.2, -0.15) is 9.28 Å². The first-order valence-electron chi connectivity index (χ1n) is 23.4. The number of unbranched alkanes of at least 4 members (excludes halogenated alkanes) is 2. The smallest absolute Gasteiger partial charge is 0.481 e. The van der Waals surface area contributed by atoms with Crippen LogP contribution in [0.2, 0.25) is 0 Å². The Morgan fingerprint density at radius 1 is 0.769 bits per heavy atom. The third kappa shape index (κ3) is 10.2. The summed E-state index contributed by atoms with van der Waals surface area (Å²) >= 11 is 0. The minimum absolute atomic E-state index is 0.0115. The first-order chi connectivity index (χ1) is 31.2. The van der Waals surface area contributed by atoms with Crippen molar-refractivity contribution in [3.05, 3.63) is 10.6 Å². The Labute approximate surface area is 379 Å². The normalized spacial score (nSPS) is 29.4. The van der Waals surface area contributed by atoms with E-state index in [9.17, 15) is 34.2 Å². The van der Waals surface area contributed by atoms with E-state index >= 15 is 0 Å². The molecule has 24 nitrogen and oxygen atoms in total. The summed E-state index contributed by atoms with van der Waals surface area (Å²) in [5.74, 6) is -1.79. The van der Waals surface area contributed by atoms with Crippen LogP contribution in [0.3, 0.4) is 0 Å². The molecule has 6 fully saturated rings. The van der Waals surface area contributed by atoms with E-state index < -0.39 is 41.2 Å². The molecule has 0 aromatic carbocycles. The highest BCUT2D eigenvalue weighted by molar-refractivity contribution is 5.74. The molecule has 0 aliphatic carbocycles. The van der Waals surface area contributed by atoms with Crippen molar-refractivity contribution in [2.45, 2.75) is 62.4 Å². The number of H-pyrrole nitrogens is 1. The van der Waals surface area contributed by atoms with Crippen LogP contribution >= 0.6 is 0 Å². The summed E-state index contributed by atoms with van der Waals surface area (Å²) in [6.07, 6.45) is 2.86. The molecule has 7 heterocycles. The molecule has 6 aliphatic heterocycles. The number of nitrogens with one attached hydrogen (secondary N) is 2. The minimum Gasteiger partial charge on any atom is -0.481 e. The molecule has 6 N–H and O–H groups in total. The number of anilines is 1. The number of aromatic nitrogens is 2. The van der Waals surface area contributed by atoms with Gasteiger partial charge in [0.1, 0.15) is 0 Å². The maximum Gasteiger partial charge on any atom is 0.517 e. The van der Waals surface area contributed by atoms with Crippen LogP contribution in [-0.2, 0) is 19.1 Å². The minimum atomic E-state index is -1.37. The van der Waals surface area contributed by atoms with E-state index in [1.165, 1.54) is 0 Å². The van der Waals surface area contributed by atoms with Crippen molar-refractivity contribution >= 4 is 36.0 Å². The van der Waals surface area contributed by atoms with Crippen molar-refractivity contribution in [3.8, 4) is 0 Å². The Hall–Kier alpha value is -4.59. The molecular formula is C41H71N14O10+. The van der Waals surface area contributed by atoms with Crippen LogP contribution in [0.25, 0.3) is 0 Å². The molecule has 0 saturated carbocycles. The monoisotopic (exact) mass is 920 g/mol. The van der Waals surface area contributed by atoms with Gasteiger partial charge in [-0.05, 0) is 50.4 Å². The van der Waals surface area contributed by atoms with Crippen LogP contribution in [0, 0.1) is 5.41 Å². The van der Waals surface area contributed by atoms with E-state index in [1.54, 1.807) is 11.9 Å². The fourth-order valence-electron chi connectivity index (χ4n) is 11.2. The number of carbonyl (C=O) groups excluding carboxylic acids is 2. The lowest BCUT2D eigenvalue weighted by Gasteiger charge is -2.60. The number of hydrogen-bond acceptors (Lipinski definition) is 17. The average Bonchev–Trinajstić information content (AvgIpc) is 3.94. The van der Waals surface area contributed by atoms with Crippen LogP contribution in [-0.4, -0.2) is 270 Å². The standard InChI is InChI=1S/C41H70N14O10/c1-46-32(7-3-4-10-47-16-24-52(25-17-47)36-44-37(60)65-45-36)41(64-38(46)61,54-28-20-50(21-29-54)13-9-34(58)59)40(53-26-18-49(19-27-53)12-8-33(56)57)31-63-39(62)55(40,2)30-6-5-11-48-14-22-51(23-15-48)35(42)43/h32H,3-31H2,1-2H3,(H5-,42,43,44,45,56,57,58,59,60)/p+1. The second-order valence-corrected chi connectivity index (χ2v) is 18.6. The van der Waals surface area contributed by atoms with Gasteiger partial charge in [0.2, 0.25) is 5.95 Å². The molecule has 6 aliphatic rings. The van der Waals surface area contributed by atoms with E-state index in [0.717, 1.165) is 58.5 Å². The molecule has 4 atom stereocenters. The van der Waals surface area contributed by atoms with E-state index in [1.807, 2.05) is 16.8 Å². The Kier molecular flexibility index (Phi) is 15.6. The van der Waals surface area contributed by atoms with Crippen LogP contribution in [0.15, 0.2) is 9.32 Å². The fraction of sp³-hybridized carbons (Fsp3) is 0.829. The molecular weight excluding hydrogens is 849 g/mol. The largest absolute Gasteiger partial charge is 0.517 e. The lowest BCUT2D eigenvalue weighted by atomic mass is 9.80. The SMILES string of the molecule is CN1C(=O)OC(N2CCN(CCC(=O)O)CC2)(C2(N3CCN(CCC(=O)O)CC3)COC(=O)[N+]2(C)CCCCN2CCN(C(=N)N)CC2)C1CCCCN1CCN(c2noc(=O)[nH]2)CC1. The molecule has 0 radical (unpaired) electrons. The van der Waals surface area contributed by atoms with Crippen molar-refractivity contribution < 1.29 is 47.9 Å². The zero-order valence-corrected chi connectivity index (χ0v) is 38.2. The second-order valence-electron chi connectivity index (χ2n) is 18.6. The highest BCUT2D eigenvalue weighted by Crippen LogP contribution is 2.53. The van der Waals surface area contributed by atoms with Crippen molar-refractivity contribution in [2.24, 2.45) is 5.73 Å². The van der Waals surface area contributed by atoms with Crippen molar-refractivity contribution in [1.29, 1.82) is 5.41 Å². The Morgan fingerprint density at radius 2 is 1.29 bits per heavy atom. The molecule has 24 heteroatoms. The zero-order valence-electron chi connectivity index (χ0n) is 38.2. The quantitative estimate of drug-likeness (QED) is 0.0435. The first-order valence-corrected chi connectivity index (χ1v) is 23.4. The molecule has 65 heavy (non-hydrogen) atoms. The van der Waals surface area contributed by atoms with Gasteiger partial charge >= 0.3 is 29.9 Å². The van der Waals surface area contributed by atoms with Gasteiger partial charge in [0.05, 0.1) is 32.5 Å². The van der Waals surface area contributed by atoms with Crippen LogP contribution in [0.4, 0.5) is 15.5 Å². The molecule has 4 unspecified atom stereocenters. The van der Waals surface area contributed by atoms with Gasteiger partial charge in [-0.1, -0.05) is 0 Å². The van der Waals surface area contributed by atoms with Crippen LogP contribution in [0.1, 0.15) is 44.9 Å². The lowest BCUT2D eigenvalue weighted by molar-refractivity contribution is -0.903. The third-order valence-electron chi connectivity index (χ3n) is 15.0. The van der Waals surface area contributed by atoms with E-state index in [4.69, 9.17) is 25.1 Å². The summed E-state index contributed by atoms with van der Waals surface area (Å²) in [6, 6.07) is -0.490. The number of carbonyl (C=O) groups is 4. The Balaban J connectivity index is 1.16. The maximum absolute atomic E-state index is 14.7. The van der Waals surface area contributed by atoms with E-state index in [0.29, 0.717) is 117 Å². The summed E-state index contributed by atoms with van der Waals surface area (Å²) in [5, 5.41) is 30.7.